The number of rotatable bonds is 6. The van der Waals surface area contributed by atoms with Crippen molar-refractivity contribution in [2.75, 3.05) is 4.90 Å². The van der Waals surface area contributed by atoms with E-state index in [1.807, 2.05) is 62.4 Å². The van der Waals surface area contributed by atoms with Gasteiger partial charge in [0.15, 0.2) is 5.69 Å². The lowest BCUT2D eigenvalue weighted by atomic mass is 10.0. The zero-order chi connectivity index (χ0) is 21.8. The van der Waals surface area contributed by atoms with Gasteiger partial charge in [0.05, 0.1) is 0 Å². The second kappa shape index (κ2) is 9.39. The number of hydrogen-bond donors (Lipinski definition) is 1. The van der Waals surface area contributed by atoms with Gasteiger partial charge in [0.1, 0.15) is 6.04 Å². The summed E-state index contributed by atoms with van der Waals surface area (Å²) in [6.45, 7) is 4.03. The van der Waals surface area contributed by atoms with Crippen LogP contribution in [0, 0.1) is 13.8 Å². The van der Waals surface area contributed by atoms with Gasteiger partial charge in [-0.05, 0) is 67.0 Å². The molecule has 6 nitrogen and oxygen atoms in total. The van der Waals surface area contributed by atoms with Crippen molar-refractivity contribution >= 4 is 29.0 Å². The number of nitrogens with zero attached hydrogens (tertiary/aromatic N) is 3. The summed E-state index contributed by atoms with van der Waals surface area (Å²) < 4.78 is 3.85. The van der Waals surface area contributed by atoms with E-state index in [-0.39, 0.29) is 23.6 Å². The van der Waals surface area contributed by atoms with Gasteiger partial charge in [0.25, 0.3) is 5.91 Å². The third-order valence-electron chi connectivity index (χ3n) is 5.89. The van der Waals surface area contributed by atoms with E-state index in [0.717, 1.165) is 53.9 Å². The lowest BCUT2D eigenvalue weighted by molar-refractivity contribution is -0.123. The van der Waals surface area contributed by atoms with Gasteiger partial charge >= 0.3 is 0 Å². The number of anilines is 1. The van der Waals surface area contributed by atoms with Crippen LogP contribution in [0.1, 0.15) is 58.9 Å². The Kier molecular flexibility index (Phi) is 6.42. The normalized spacial score (nSPS) is 14.9. The number of carbonyl (C=O) groups excluding carboxylic acids is 2. The van der Waals surface area contributed by atoms with E-state index in [0.29, 0.717) is 5.69 Å². The quantitative estimate of drug-likeness (QED) is 0.615. The van der Waals surface area contributed by atoms with Gasteiger partial charge in [-0.1, -0.05) is 53.7 Å². The van der Waals surface area contributed by atoms with Gasteiger partial charge in [-0.3, -0.25) is 14.5 Å². The third-order valence-corrected chi connectivity index (χ3v) is 6.39. The van der Waals surface area contributed by atoms with E-state index in [4.69, 9.17) is 0 Å². The Bertz CT molecular complexity index is 1050. The molecule has 0 spiro atoms. The summed E-state index contributed by atoms with van der Waals surface area (Å²) in [5, 5.41) is 8.79. The highest BCUT2D eigenvalue weighted by atomic mass is 32.1. The SMILES string of the molecule is Cc1ccc(N(C(=O)c2csnn2)[C@@H](C(=O)NC2CCCC2)c2ccccc2)cc1C. The van der Waals surface area contributed by atoms with Crippen LogP contribution in [0.4, 0.5) is 5.69 Å². The Morgan fingerprint density at radius 3 is 2.45 bits per heavy atom. The maximum absolute atomic E-state index is 13.6. The molecule has 1 saturated carbocycles. The molecule has 0 unspecified atom stereocenters. The Morgan fingerprint density at radius 1 is 1.06 bits per heavy atom. The topological polar surface area (TPSA) is 75.2 Å². The standard InChI is InChI=1S/C24H26N4O2S/c1-16-12-13-20(14-17(16)2)28(24(30)21-15-31-27-26-21)22(18-8-4-3-5-9-18)23(29)25-19-10-6-7-11-19/h3-5,8-9,12-15,19,22H,6-7,10-11H2,1-2H3,(H,25,29)/t22-/m1/s1. The summed E-state index contributed by atoms with van der Waals surface area (Å²) in [4.78, 5) is 28.8. The maximum Gasteiger partial charge on any atom is 0.280 e. The molecule has 0 bridgehead atoms. The van der Waals surface area contributed by atoms with Crippen molar-refractivity contribution in [2.45, 2.75) is 51.6 Å². The summed E-state index contributed by atoms with van der Waals surface area (Å²) in [6, 6.07) is 14.6. The average molecular weight is 435 g/mol. The molecule has 3 aromatic rings. The highest BCUT2D eigenvalue weighted by Gasteiger charge is 2.35. The van der Waals surface area contributed by atoms with Crippen LogP contribution in [0.3, 0.4) is 0 Å². The van der Waals surface area contributed by atoms with E-state index >= 15 is 0 Å². The Hall–Kier alpha value is -3.06. The molecule has 0 radical (unpaired) electrons. The van der Waals surface area contributed by atoms with Gasteiger partial charge in [0, 0.05) is 17.1 Å². The fourth-order valence-electron chi connectivity index (χ4n) is 4.04. The maximum atomic E-state index is 13.6. The number of hydrogen-bond acceptors (Lipinski definition) is 5. The molecule has 1 fully saturated rings. The van der Waals surface area contributed by atoms with Gasteiger partial charge in [-0.15, -0.1) is 5.10 Å². The van der Waals surface area contributed by atoms with E-state index < -0.39 is 6.04 Å². The minimum Gasteiger partial charge on any atom is -0.351 e. The van der Waals surface area contributed by atoms with Crippen LogP contribution in [0.15, 0.2) is 53.9 Å². The molecule has 1 N–H and O–H groups in total. The lowest BCUT2D eigenvalue weighted by Gasteiger charge is -2.32. The number of aryl methyl sites for hydroxylation is 2. The Labute approximate surface area is 186 Å². The number of benzene rings is 2. The van der Waals surface area contributed by atoms with Crippen LogP contribution in [0.5, 0.6) is 0 Å². The number of carbonyl (C=O) groups is 2. The first-order valence-electron chi connectivity index (χ1n) is 10.6. The van der Waals surface area contributed by atoms with Crippen molar-refractivity contribution in [1.82, 2.24) is 14.9 Å². The van der Waals surface area contributed by atoms with Gasteiger partial charge in [-0.2, -0.15) is 0 Å². The van der Waals surface area contributed by atoms with E-state index in [1.165, 1.54) is 0 Å². The first-order chi connectivity index (χ1) is 15.0. The minimum atomic E-state index is -0.807. The fourth-order valence-corrected chi connectivity index (χ4v) is 4.47. The van der Waals surface area contributed by atoms with Crippen LogP contribution in [-0.4, -0.2) is 27.4 Å². The largest absolute Gasteiger partial charge is 0.351 e. The van der Waals surface area contributed by atoms with Crippen LogP contribution in [0.25, 0.3) is 0 Å². The smallest absolute Gasteiger partial charge is 0.280 e. The fraction of sp³-hybridized carbons (Fsp3) is 0.333. The highest BCUT2D eigenvalue weighted by Crippen LogP contribution is 2.31. The summed E-state index contributed by atoms with van der Waals surface area (Å²) in [5.74, 6) is -0.514. The molecule has 1 aliphatic rings. The average Bonchev–Trinajstić information content (AvgIpc) is 3.48. The first kappa shape index (κ1) is 21.2. The molecule has 0 aliphatic heterocycles. The second-order valence-electron chi connectivity index (χ2n) is 8.04. The van der Waals surface area contributed by atoms with E-state index in [1.54, 1.807) is 10.3 Å². The van der Waals surface area contributed by atoms with Gasteiger partial charge in [0.2, 0.25) is 5.91 Å². The first-order valence-corrected chi connectivity index (χ1v) is 11.4. The van der Waals surface area contributed by atoms with Crippen LogP contribution >= 0.6 is 11.5 Å². The molecule has 2 amide bonds. The van der Waals surface area contributed by atoms with Crippen LogP contribution in [-0.2, 0) is 4.79 Å². The molecule has 1 atom stereocenters. The van der Waals surface area contributed by atoms with Gasteiger partial charge < -0.3 is 5.32 Å². The molecule has 0 saturated heterocycles. The predicted molar refractivity (Wildman–Crippen MR) is 122 cm³/mol. The van der Waals surface area contributed by atoms with Crippen molar-refractivity contribution in [2.24, 2.45) is 0 Å². The minimum absolute atomic E-state index is 0.149. The Morgan fingerprint density at radius 2 is 1.81 bits per heavy atom. The van der Waals surface area contributed by atoms with Crippen molar-refractivity contribution in [1.29, 1.82) is 0 Å². The van der Waals surface area contributed by atoms with Gasteiger partial charge in [-0.25, -0.2) is 0 Å². The number of amides is 2. The molecule has 4 rings (SSSR count). The van der Waals surface area contributed by atoms with E-state index in [9.17, 15) is 9.59 Å². The predicted octanol–water partition coefficient (Wildman–Crippen LogP) is 4.60. The zero-order valence-corrected chi connectivity index (χ0v) is 18.6. The van der Waals surface area contributed by atoms with Crippen LogP contribution < -0.4 is 10.2 Å². The summed E-state index contributed by atoms with van der Waals surface area (Å²) >= 11 is 1.12. The molecule has 1 aliphatic carbocycles. The Balaban J connectivity index is 1.81. The summed E-state index contributed by atoms with van der Waals surface area (Å²) in [7, 11) is 0. The molecule has 7 heteroatoms. The molecule has 31 heavy (non-hydrogen) atoms. The van der Waals surface area contributed by atoms with E-state index in [2.05, 4.69) is 14.9 Å². The molecular weight excluding hydrogens is 408 g/mol. The molecule has 160 valence electrons. The molecule has 1 heterocycles. The van der Waals surface area contributed by atoms with Crippen molar-refractivity contribution in [3.8, 4) is 0 Å². The summed E-state index contributed by atoms with van der Waals surface area (Å²) in [5.41, 5.74) is 3.83. The monoisotopic (exact) mass is 434 g/mol. The number of nitrogens with one attached hydrogen (secondary N) is 1. The highest BCUT2D eigenvalue weighted by molar-refractivity contribution is 7.03. The molecular formula is C24H26N4O2S. The summed E-state index contributed by atoms with van der Waals surface area (Å²) in [6.07, 6.45) is 4.18. The molecule has 1 aromatic heterocycles. The molecule has 2 aromatic carbocycles. The van der Waals surface area contributed by atoms with Crippen LogP contribution in [0.2, 0.25) is 0 Å². The lowest BCUT2D eigenvalue weighted by Crippen LogP contribution is -2.46. The zero-order valence-electron chi connectivity index (χ0n) is 17.7. The number of aromatic nitrogens is 2. The van der Waals surface area contributed by atoms with Crippen molar-refractivity contribution in [3.05, 3.63) is 76.3 Å². The van der Waals surface area contributed by atoms with Crippen molar-refractivity contribution < 1.29 is 9.59 Å². The van der Waals surface area contributed by atoms with Crippen molar-refractivity contribution in [3.63, 3.8) is 0 Å². The second-order valence-corrected chi connectivity index (χ2v) is 8.65. The third kappa shape index (κ3) is 4.66.